The van der Waals surface area contributed by atoms with Crippen LogP contribution in [0.15, 0.2) is 47.4 Å². The number of carbonyl (C=O) groups is 2. The van der Waals surface area contributed by atoms with Crippen molar-refractivity contribution in [1.82, 2.24) is 5.32 Å². The van der Waals surface area contributed by atoms with E-state index < -0.39 is 10.0 Å². The van der Waals surface area contributed by atoms with Gasteiger partial charge in [0.05, 0.1) is 4.90 Å². The summed E-state index contributed by atoms with van der Waals surface area (Å²) in [5.74, 6) is -0.481. The molecule has 7 heteroatoms. The molecule has 0 aliphatic heterocycles. The maximum Gasteiger partial charge on any atom is 0.261 e. The molecule has 0 saturated carbocycles. The average Bonchev–Trinajstić information content (AvgIpc) is 2.55. The van der Waals surface area contributed by atoms with Crippen LogP contribution in [0.2, 0.25) is 0 Å². The third-order valence-corrected chi connectivity index (χ3v) is 5.00. The first-order chi connectivity index (χ1) is 11.7. The van der Waals surface area contributed by atoms with Crippen LogP contribution in [0.1, 0.15) is 40.1 Å². The highest BCUT2D eigenvalue weighted by atomic mass is 32.2. The van der Waals surface area contributed by atoms with Gasteiger partial charge in [0.1, 0.15) is 0 Å². The highest BCUT2D eigenvalue weighted by molar-refractivity contribution is 7.92. The van der Waals surface area contributed by atoms with Gasteiger partial charge in [-0.25, -0.2) is 8.42 Å². The Morgan fingerprint density at radius 3 is 2.44 bits per heavy atom. The van der Waals surface area contributed by atoms with Gasteiger partial charge < -0.3 is 5.32 Å². The number of anilines is 1. The van der Waals surface area contributed by atoms with E-state index in [1.165, 1.54) is 25.1 Å². The molecule has 6 nitrogen and oxygen atoms in total. The molecular formula is C18H20N2O4S. The molecule has 0 heterocycles. The van der Waals surface area contributed by atoms with Crippen molar-refractivity contribution < 1.29 is 18.0 Å². The van der Waals surface area contributed by atoms with Crippen LogP contribution in [0.3, 0.4) is 0 Å². The Labute approximate surface area is 147 Å². The molecule has 25 heavy (non-hydrogen) atoms. The summed E-state index contributed by atoms with van der Waals surface area (Å²) in [5, 5.41) is 2.66. The van der Waals surface area contributed by atoms with Crippen molar-refractivity contribution >= 4 is 27.4 Å². The predicted molar refractivity (Wildman–Crippen MR) is 96.4 cm³/mol. The molecule has 2 N–H and O–H groups in total. The maximum atomic E-state index is 12.6. The number of rotatable bonds is 6. The van der Waals surface area contributed by atoms with Crippen LogP contribution in [0, 0.1) is 6.92 Å². The summed E-state index contributed by atoms with van der Waals surface area (Å²) in [6, 6.07) is 10.6. The first-order valence-electron chi connectivity index (χ1n) is 7.77. The molecule has 0 aliphatic carbocycles. The Balaban J connectivity index is 2.37. The number of benzene rings is 2. The van der Waals surface area contributed by atoms with Crippen molar-refractivity contribution in [2.75, 3.05) is 11.3 Å². The molecule has 0 atom stereocenters. The van der Waals surface area contributed by atoms with Crippen molar-refractivity contribution in [3.05, 3.63) is 59.2 Å². The summed E-state index contributed by atoms with van der Waals surface area (Å²) in [7, 11) is -3.88. The monoisotopic (exact) mass is 360 g/mol. The van der Waals surface area contributed by atoms with Crippen molar-refractivity contribution in [2.45, 2.75) is 25.7 Å². The van der Waals surface area contributed by atoms with E-state index in [4.69, 9.17) is 0 Å². The van der Waals surface area contributed by atoms with Gasteiger partial charge in [0.2, 0.25) is 0 Å². The highest BCUT2D eigenvalue weighted by Crippen LogP contribution is 2.20. The standard InChI is InChI=1S/C18H20N2O4S/c1-4-19-18(22)17-11-16(9-8-12(17)2)25(23,24)20-15-7-5-6-14(10-15)13(3)21/h5-11,20H,4H2,1-3H3,(H,19,22). The molecule has 2 rings (SSSR count). The lowest BCUT2D eigenvalue weighted by atomic mass is 10.1. The molecular weight excluding hydrogens is 340 g/mol. The van der Waals surface area contributed by atoms with E-state index in [0.717, 1.165) is 0 Å². The number of Topliss-reactive ketones (excluding diaryl/α,β-unsaturated/α-hetero) is 1. The van der Waals surface area contributed by atoms with Gasteiger partial charge in [0.25, 0.3) is 15.9 Å². The first kappa shape index (κ1) is 18.7. The fourth-order valence-electron chi connectivity index (χ4n) is 2.28. The third-order valence-electron chi connectivity index (χ3n) is 3.62. The predicted octanol–water partition coefficient (Wildman–Crippen LogP) is 2.75. The summed E-state index contributed by atoms with van der Waals surface area (Å²) in [6.07, 6.45) is 0. The topological polar surface area (TPSA) is 92.3 Å². The van der Waals surface area contributed by atoms with E-state index >= 15 is 0 Å². The Hall–Kier alpha value is -2.67. The zero-order valence-corrected chi connectivity index (χ0v) is 15.1. The summed E-state index contributed by atoms with van der Waals surface area (Å²) >= 11 is 0. The van der Waals surface area contributed by atoms with E-state index in [0.29, 0.717) is 23.2 Å². The fraction of sp³-hybridized carbons (Fsp3) is 0.222. The summed E-state index contributed by atoms with van der Waals surface area (Å²) < 4.78 is 27.6. The highest BCUT2D eigenvalue weighted by Gasteiger charge is 2.18. The molecule has 0 unspecified atom stereocenters. The lowest BCUT2D eigenvalue weighted by Gasteiger charge is -2.12. The van der Waals surface area contributed by atoms with Gasteiger partial charge in [-0.3, -0.25) is 14.3 Å². The molecule has 2 aromatic rings. The van der Waals surface area contributed by atoms with E-state index in [1.807, 2.05) is 0 Å². The van der Waals surface area contributed by atoms with E-state index in [2.05, 4.69) is 10.0 Å². The molecule has 0 aromatic heterocycles. The van der Waals surface area contributed by atoms with Gasteiger partial charge in [-0.05, 0) is 50.6 Å². The number of hydrogen-bond donors (Lipinski definition) is 2. The lowest BCUT2D eigenvalue weighted by Crippen LogP contribution is -2.24. The minimum atomic E-state index is -3.88. The van der Waals surface area contributed by atoms with Crippen LogP contribution in [0.4, 0.5) is 5.69 Å². The van der Waals surface area contributed by atoms with E-state index in [1.54, 1.807) is 38.1 Å². The molecule has 132 valence electrons. The summed E-state index contributed by atoms with van der Waals surface area (Å²) in [5.41, 5.74) is 1.69. The van der Waals surface area contributed by atoms with Crippen LogP contribution in [0.25, 0.3) is 0 Å². The SMILES string of the molecule is CCNC(=O)c1cc(S(=O)(=O)Nc2cccc(C(C)=O)c2)ccc1C. The Morgan fingerprint density at radius 2 is 1.80 bits per heavy atom. The Morgan fingerprint density at radius 1 is 1.08 bits per heavy atom. The van der Waals surface area contributed by atoms with Gasteiger partial charge in [0, 0.05) is 23.4 Å². The number of carbonyl (C=O) groups excluding carboxylic acids is 2. The van der Waals surface area contributed by atoms with Crippen LogP contribution >= 0.6 is 0 Å². The second-order valence-electron chi connectivity index (χ2n) is 5.58. The number of ketones is 1. The zero-order valence-electron chi connectivity index (χ0n) is 14.3. The quantitative estimate of drug-likeness (QED) is 0.775. The van der Waals surface area contributed by atoms with Gasteiger partial charge in [0.15, 0.2) is 5.78 Å². The van der Waals surface area contributed by atoms with Crippen molar-refractivity contribution in [3.8, 4) is 0 Å². The smallest absolute Gasteiger partial charge is 0.261 e. The average molecular weight is 360 g/mol. The first-order valence-corrected chi connectivity index (χ1v) is 9.25. The second-order valence-corrected chi connectivity index (χ2v) is 7.26. The normalized spacial score (nSPS) is 11.0. The number of sulfonamides is 1. The third kappa shape index (κ3) is 4.45. The maximum absolute atomic E-state index is 12.6. The van der Waals surface area contributed by atoms with Crippen molar-refractivity contribution in [3.63, 3.8) is 0 Å². The minimum Gasteiger partial charge on any atom is -0.352 e. The van der Waals surface area contributed by atoms with Gasteiger partial charge in [-0.1, -0.05) is 18.2 Å². The van der Waals surface area contributed by atoms with Crippen LogP contribution < -0.4 is 10.0 Å². The molecule has 0 aliphatic rings. The van der Waals surface area contributed by atoms with Gasteiger partial charge >= 0.3 is 0 Å². The Bertz CT molecular complexity index is 920. The molecule has 0 spiro atoms. The molecule has 1 amide bonds. The van der Waals surface area contributed by atoms with E-state index in [9.17, 15) is 18.0 Å². The van der Waals surface area contributed by atoms with Gasteiger partial charge in [-0.2, -0.15) is 0 Å². The fourth-order valence-corrected chi connectivity index (χ4v) is 3.36. The van der Waals surface area contributed by atoms with E-state index in [-0.39, 0.29) is 22.3 Å². The molecule has 0 bridgehead atoms. The van der Waals surface area contributed by atoms with Crippen LogP contribution in [0.5, 0.6) is 0 Å². The van der Waals surface area contributed by atoms with Gasteiger partial charge in [-0.15, -0.1) is 0 Å². The van der Waals surface area contributed by atoms with Crippen molar-refractivity contribution in [2.24, 2.45) is 0 Å². The molecule has 0 saturated heterocycles. The van der Waals surface area contributed by atoms with Crippen LogP contribution in [-0.4, -0.2) is 26.7 Å². The van der Waals surface area contributed by atoms with Crippen LogP contribution in [-0.2, 0) is 10.0 Å². The molecule has 2 aromatic carbocycles. The second kappa shape index (κ2) is 7.48. The number of nitrogens with one attached hydrogen (secondary N) is 2. The lowest BCUT2D eigenvalue weighted by molar-refractivity contribution is 0.0954. The molecule has 0 fully saturated rings. The molecule has 0 radical (unpaired) electrons. The number of aryl methyl sites for hydroxylation is 1. The number of hydrogen-bond acceptors (Lipinski definition) is 4. The number of amides is 1. The summed E-state index contributed by atoms with van der Waals surface area (Å²) in [4.78, 5) is 23.5. The minimum absolute atomic E-state index is 0.0208. The summed E-state index contributed by atoms with van der Waals surface area (Å²) in [6.45, 7) is 5.39. The Kier molecular flexibility index (Phi) is 5.58. The largest absolute Gasteiger partial charge is 0.352 e. The zero-order chi connectivity index (χ0) is 18.6. The van der Waals surface area contributed by atoms with Crippen molar-refractivity contribution in [1.29, 1.82) is 0 Å².